The predicted octanol–water partition coefficient (Wildman–Crippen LogP) is 2.71. The molecule has 5 nitrogen and oxygen atoms in total. The zero-order chi connectivity index (χ0) is 15.3. The highest BCUT2D eigenvalue weighted by Gasteiger charge is 2.21. The number of esters is 1. The highest BCUT2D eigenvalue weighted by molar-refractivity contribution is 5.92. The van der Waals surface area contributed by atoms with E-state index in [1.165, 1.54) is 27.0 Å². The number of carbonyl (C=O) groups excluding carboxylic acids is 2. The molecule has 1 amide bonds. The van der Waals surface area contributed by atoms with Gasteiger partial charge in [0.1, 0.15) is 17.0 Å². The van der Waals surface area contributed by atoms with Crippen LogP contribution in [-0.4, -0.2) is 30.4 Å². The fourth-order valence-corrected chi connectivity index (χ4v) is 1.05. The van der Waals surface area contributed by atoms with Gasteiger partial charge in [0.05, 0.1) is 7.11 Å². The van der Waals surface area contributed by atoms with Gasteiger partial charge in [-0.2, -0.15) is 0 Å². The molecule has 0 spiro atoms. The van der Waals surface area contributed by atoms with Crippen molar-refractivity contribution in [3.63, 3.8) is 0 Å². The van der Waals surface area contributed by atoms with Crippen LogP contribution in [0.3, 0.4) is 0 Å². The lowest BCUT2D eigenvalue weighted by Gasteiger charge is -2.20. The number of hydrogen-bond acceptors (Lipinski definition) is 4. The number of ether oxygens (including phenoxy) is 2. The monoisotopic (exact) mass is 275 g/mol. The summed E-state index contributed by atoms with van der Waals surface area (Å²) in [6, 6.07) is 0. The van der Waals surface area contributed by atoms with Gasteiger partial charge in [-0.1, -0.05) is 6.08 Å². The number of amides is 1. The first kappa shape index (κ1) is 17.4. The van der Waals surface area contributed by atoms with E-state index in [-0.39, 0.29) is 12.1 Å². The Hall–Kier alpha value is -1.59. The van der Waals surface area contributed by atoms with Crippen molar-refractivity contribution in [1.82, 2.24) is 5.32 Å². The van der Waals surface area contributed by atoms with Crippen LogP contribution in [-0.2, 0) is 14.3 Å². The maximum absolute atomic E-state index is 13.4. The van der Waals surface area contributed by atoms with Crippen LogP contribution in [0.2, 0.25) is 0 Å². The van der Waals surface area contributed by atoms with E-state index in [4.69, 9.17) is 4.74 Å². The third kappa shape index (κ3) is 9.04. The Kier molecular flexibility index (Phi) is 5.99. The van der Waals surface area contributed by atoms with Gasteiger partial charge in [0.15, 0.2) is 0 Å². The minimum absolute atomic E-state index is 0.0345. The number of rotatable bonds is 4. The van der Waals surface area contributed by atoms with Crippen molar-refractivity contribution in [3.05, 3.63) is 11.8 Å². The molecule has 6 heteroatoms. The van der Waals surface area contributed by atoms with E-state index < -0.39 is 23.3 Å². The average Bonchev–Trinajstić information content (AvgIpc) is 2.19. The Morgan fingerprint density at radius 1 is 1.21 bits per heavy atom. The molecule has 0 aliphatic rings. The summed E-state index contributed by atoms with van der Waals surface area (Å²) in [5.41, 5.74) is -2.32. The van der Waals surface area contributed by atoms with E-state index in [2.05, 4.69) is 10.1 Å². The van der Waals surface area contributed by atoms with Gasteiger partial charge in [-0.3, -0.25) is 5.32 Å². The topological polar surface area (TPSA) is 64.6 Å². The number of nitrogens with one attached hydrogen (secondary N) is 1. The van der Waals surface area contributed by atoms with E-state index in [1.807, 2.05) is 0 Å². The lowest BCUT2D eigenvalue weighted by molar-refractivity contribution is -0.136. The van der Waals surface area contributed by atoms with Crippen molar-refractivity contribution >= 4 is 12.1 Å². The number of methoxy groups -OCH3 is 1. The van der Waals surface area contributed by atoms with Gasteiger partial charge in [-0.05, 0) is 34.6 Å². The molecule has 0 heterocycles. The molecule has 0 bridgehead atoms. The quantitative estimate of drug-likeness (QED) is 0.633. The zero-order valence-corrected chi connectivity index (χ0v) is 12.3. The third-order valence-corrected chi connectivity index (χ3v) is 1.83. The Balaban J connectivity index is 4.80. The van der Waals surface area contributed by atoms with Crippen LogP contribution in [0.15, 0.2) is 11.8 Å². The van der Waals surface area contributed by atoms with Crippen LogP contribution in [0.1, 0.15) is 41.0 Å². The lowest BCUT2D eigenvalue weighted by Crippen LogP contribution is -2.34. The van der Waals surface area contributed by atoms with Crippen LogP contribution >= 0.6 is 0 Å². The lowest BCUT2D eigenvalue weighted by atomic mass is 10.1. The molecule has 0 unspecified atom stereocenters. The van der Waals surface area contributed by atoms with Crippen molar-refractivity contribution in [2.24, 2.45) is 0 Å². The summed E-state index contributed by atoms with van der Waals surface area (Å²) >= 11 is 0. The van der Waals surface area contributed by atoms with Gasteiger partial charge < -0.3 is 9.47 Å². The average molecular weight is 275 g/mol. The molecular formula is C13H22FNO4. The predicted molar refractivity (Wildman–Crippen MR) is 69.3 cm³/mol. The molecule has 0 saturated heterocycles. The fraction of sp³-hybridized carbons (Fsp3) is 0.692. The van der Waals surface area contributed by atoms with Gasteiger partial charge in [-0.25, -0.2) is 14.0 Å². The van der Waals surface area contributed by atoms with Crippen molar-refractivity contribution in [1.29, 1.82) is 0 Å². The summed E-state index contributed by atoms with van der Waals surface area (Å²) in [5, 5.41) is 2.26. The van der Waals surface area contributed by atoms with E-state index in [0.29, 0.717) is 0 Å². The second-order valence-electron chi connectivity index (χ2n) is 5.66. The summed E-state index contributed by atoms with van der Waals surface area (Å²) in [5.74, 6) is -0.755. The first-order valence-corrected chi connectivity index (χ1v) is 5.92. The summed E-state index contributed by atoms with van der Waals surface area (Å²) in [6.07, 6.45) is 0.448. The first-order chi connectivity index (χ1) is 8.44. The Morgan fingerprint density at radius 2 is 1.74 bits per heavy atom. The van der Waals surface area contributed by atoms with E-state index in [9.17, 15) is 14.0 Å². The molecular weight excluding hydrogens is 253 g/mol. The summed E-state index contributed by atoms with van der Waals surface area (Å²) in [6.45, 7) is 7.81. The molecule has 0 aromatic rings. The smallest absolute Gasteiger partial charge is 0.412 e. The molecule has 0 aromatic carbocycles. The maximum Gasteiger partial charge on any atom is 0.412 e. The standard InChI is InChI=1S/C13H22FNO4/c1-12(2,3)19-11(17)15-9(10(16)18-6)7-8-13(4,5)14/h7H,8H2,1-6H3,(H,15,17)/b9-7+. The Labute approximate surface area is 113 Å². The Morgan fingerprint density at radius 3 is 2.11 bits per heavy atom. The molecule has 110 valence electrons. The molecule has 0 radical (unpaired) electrons. The van der Waals surface area contributed by atoms with Crippen molar-refractivity contribution in [3.8, 4) is 0 Å². The van der Waals surface area contributed by atoms with E-state index >= 15 is 0 Å². The van der Waals surface area contributed by atoms with Gasteiger partial charge >= 0.3 is 12.1 Å². The second kappa shape index (κ2) is 6.54. The highest BCUT2D eigenvalue weighted by Crippen LogP contribution is 2.15. The van der Waals surface area contributed by atoms with Crippen molar-refractivity contribution in [2.45, 2.75) is 52.3 Å². The van der Waals surface area contributed by atoms with Gasteiger partial charge in [0, 0.05) is 6.42 Å². The molecule has 0 aliphatic carbocycles. The SMILES string of the molecule is COC(=O)/C(=C\CC(C)(C)F)NC(=O)OC(C)(C)C. The first-order valence-electron chi connectivity index (χ1n) is 5.92. The molecule has 0 aromatic heterocycles. The van der Waals surface area contributed by atoms with Crippen LogP contribution < -0.4 is 5.32 Å². The van der Waals surface area contributed by atoms with Crippen molar-refractivity contribution in [2.75, 3.05) is 7.11 Å². The molecule has 0 rings (SSSR count). The maximum atomic E-state index is 13.4. The van der Waals surface area contributed by atoms with E-state index in [1.54, 1.807) is 20.8 Å². The normalized spacial score (nSPS) is 12.9. The molecule has 0 fully saturated rings. The fourth-order valence-electron chi connectivity index (χ4n) is 1.05. The van der Waals surface area contributed by atoms with Crippen molar-refractivity contribution < 1.29 is 23.5 Å². The number of hydrogen-bond donors (Lipinski definition) is 1. The van der Waals surface area contributed by atoms with Gasteiger partial charge in [0.25, 0.3) is 0 Å². The number of alkyl halides is 1. The third-order valence-electron chi connectivity index (χ3n) is 1.83. The largest absolute Gasteiger partial charge is 0.464 e. The second-order valence-corrected chi connectivity index (χ2v) is 5.66. The minimum Gasteiger partial charge on any atom is -0.464 e. The number of carbonyl (C=O) groups is 2. The highest BCUT2D eigenvalue weighted by atomic mass is 19.1. The van der Waals surface area contributed by atoms with Gasteiger partial charge in [-0.15, -0.1) is 0 Å². The minimum atomic E-state index is -1.49. The van der Waals surface area contributed by atoms with Crippen LogP contribution in [0.25, 0.3) is 0 Å². The molecule has 19 heavy (non-hydrogen) atoms. The molecule has 0 saturated carbocycles. The molecule has 1 N–H and O–H groups in total. The van der Waals surface area contributed by atoms with Crippen LogP contribution in [0.5, 0.6) is 0 Å². The van der Waals surface area contributed by atoms with Gasteiger partial charge in [0.2, 0.25) is 0 Å². The zero-order valence-electron chi connectivity index (χ0n) is 12.3. The summed E-state index contributed by atoms with van der Waals surface area (Å²) in [7, 11) is 1.17. The molecule has 0 aliphatic heterocycles. The van der Waals surface area contributed by atoms with E-state index in [0.717, 1.165) is 0 Å². The summed E-state index contributed by atoms with van der Waals surface area (Å²) < 4.78 is 22.9. The Bertz CT molecular complexity index is 364. The van der Waals surface area contributed by atoms with Crippen LogP contribution in [0.4, 0.5) is 9.18 Å². The number of allylic oxidation sites excluding steroid dienone is 1. The number of alkyl carbamates (subject to hydrolysis) is 1. The summed E-state index contributed by atoms with van der Waals surface area (Å²) in [4.78, 5) is 23.0. The van der Waals surface area contributed by atoms with Crippen LogP contribution in [0, 0.1) is 0 Å². The number of halogens is 1. The molecule has 0 atom stereocenters.